The van der Waals surface area contributed by atoms with Crippen LogP contribution in [0, 0.1) is 6.92 Å². The van der Waals surface area contributed by atoms with Crippen molar-refractivity contribution in [1.82, 2.24) is 5.32 Å². The first-order chi connectivity index (χ1) is 12.6. The van der Waals surface area contributed by atoms with Crippen LogP contribution in [-0.4, -0.2) is 37.7 Å². The van der Waals surface area contributed by atoms with Crippen molar-refractivity contribution < 1.29 is 19.1 Å². The molecule has 2 aromatic rings. The molecular formula is C21H23NO4. The Morgan fingerprint density at radius 2 is 1.73 bits per heavy atom. The van der Waals surface area contributed by atoms with Gasteiger partial charge in [-0.2, -0.15) is 0 Å². The van der Waals surface area contributed by atoms with Crippen molar-refractivity contribution in [2.75, 3.05) is 19.8 Å². The summed E-state index contributed by atoms with van der Waals surface area (Å²) in [6.07, 6.45) is 2.05. The van der Waals surface area contributed by atoms with Gasteiger partial charge in [0.05, 0.1) is 11.7 Å². The van der Waals surface area contributed by atoms with E-state index < -0.39 is 5.97 Å². The minimum absolute atomic E-state index is 0.0731. The number of hydrogen-bond donors (Lipinski definition) is 1. The second-order valence-corrected chi connectivity index (χ2v) is 6.46. The molecule has 1 heterocycles. The van der Waals surface area contributed by atoms with E-state index in [4.69, 9.17) is 9.47 Å². The van der Waals surface area contributed by atoms with E-state index in [1.165, 1.54) is 5.56 Å². The molecule has 1 saturated heterocycles. The van der Waals surface area contributed by atoms with Gasteiger partial charge in [-0.1, -0.05) is 42.0 Å². The number of rotatable bonds is 6. The zero-order chi connectivity index (χ0) is 18.4. The van der Waals surface area contributed by atoms with Gasteiger partial charge in [0.15, 0.2) is 6.61 Å². The van der Waals surface area contributed by atoms with Gasteiger partial charge in [-0.05, 0) is 43.0 Å². The highest BCUT2D eigenvalue weighted by atomic mass is 16.5. The van der Waals surface area contributed by atoms with Crippen molar-refractivity contribution in [3.63, 3.8) is 0 Å². The van der Waals surface area contributed by atoms with Crippen molar-refractivity contribution in [3.8, 4) is 11.1 Å². The number of ether oxygens (including phenoxy) is 2. The Balaban J connectivity index is 1.48. The fourth-order valence-electron chi connectivity index (χ4n) is 2.84. The molecule has 0 bridgehead atoms. The van der Waals surface area contributed by atoms with E-state index in [0.717, 1.165) is 30.6 Å². The molecule has 5 heteroatoms. The van der Waals surface area contributed by atoms with Crippen molar-refractivity contribution in [2.24, 2.45) is 0 Å². The quantitative estimate of drug-likeness (QED) is 0.811. The molecule has 0 saturated carbocycles. The highest BCUT2D eigenvalue weighted by molar-refractivity contribution is 5.91. The lowest BCUT2D eigenvalue weighted by atomic mass is 10.0. The first-order valence-electron chi connectivity index (χ1n) is 8.84. The molecule has 1 atom stereocenters. The predicted molar refractivity (Wildman–Crippen MR) is 98.9 cm³/mol. The van der Waals surface area contributed by atoms with Gasteiger partial charge in [-0.15, -0.1) is 0 Å². The maximum atomic E-state index is 12.1. The summed E-state index contributed by atoms with van der Waals surface area (Å²) in [7, 11) is 0. The molecule has 3 rings (SSSR count). The fourth-order valence-corrected chi connectivity index (χ4v) is 2.84. The van der Waals surface area contributed by atoms with E-state index in [1.54, 1.807) is 12.1 Å². The molecule has 136 valence electrons. The number of aryl methyl sites for hydroxylation is 1. The van der Waals surface area contributed by atoms with Crippen LogP contribution in [0.3, 0.4) is 0 Å². The first kappa shape index (κ1) is 18.1. The zero-order valence-corrected chi connectivity index (χ0v) is 14.9. The van der Waals surface area contributed by atoms with Crippen LogP contribution in [0.25, 0.3) is 11.1 Å². The van der Waals surface area contributed by atoms with Gasteiger partial charge in [-0.3, -0.25) is 4.79 Å². The Kier molecular flexibility index (Phi) is 6.02. The molecule has 1 aliphatic heterocycles. The van der Waals surface area contributed by atoms with Crippen LogP contribution < -0.4 is 5.32 Å². The molecule has 26 heavy (non-hydrogen) atoms. The number of carbonyl (C=O) groups is 2. The maximum absolute atomic E-state index is 12.1. The molecule has 0 spiro atoms. The van der Waals surface area contributed by atoms with Gasteiger partial charge in [0.2, 0.25) is 0 Å². The summed E-state index contributed by atoms with van der Waals surface area (Å²) >= 11 is 0. The lowest BCUT2D eigenvalue weighted by Gasteiger charge is -2.11. The molecule has 0 aromatic heterocycles. The number of benzene rings is 2. The third-order valence-corrected chi connectivity index (χ3v) is 4.39. The van der Waals surface area contributed by atoms with Crippen LogP contribution in [0.15, 0.2) is 48.5 Å². The van der Waals surface area contributed by atoms with E-state index in [-0.39, 0.29) is 18.6 Å². The molecule has 1 unspecified atom stereocenters. The SMILES string of the molecule is Cc1ccc(-c2ccc(C(=O)OCC(=O)NCC3CCCO3)cc2)cc1. The largest absolute Gasteiger partial charge is 0.452 e. The highest BCUT2D eigenvalue weighted by Gasteiger charge is 2.17. The summed E-state index contributed by atoms with van der Waals surface area (Å²) in [5, 5.41) is 2.73. The normalized spacial score (nSPS) is 16.3. The number of hydrogen-bond acceptors (Lipinski definition) is 4. The number of esters is 1. The summed E-state index contributed by atoms with van der Waals surface area (Å²) in [6.45, 7) is 2.96. The van der Waals surface area contributed by atoms with Crippen LogP contribution in [0.2, 0.25) is 0 Å². The van der Waals surface area contributed by atoms with Gasteiger partial charge in [0.25, 0.3) is 5.91 Å². The van der Waals surface area contributed by atoms with Crippen LogP contribution >= 0.6 is 0 Å². The second-order valence-electron chi connectivity index (χ2n) is 6.46. The minimum Gasteiger partial charge on any atom is -0.452 e. The molecule has 1 fully saturated rings. The van der Waals surface area contributed by atoms with Gasteiger partial charge in [0, 0.05) is 13.2 Å². The summed E-state index contributed by atoms with van der Waals surface area (Å²) in [6, 6.07) is 15.3. The van der Waals surface area contributed by atoms with Gasteiger partial charge >= 0.3 is 5.97 Å². The van der Waals surface area contributed by atoms with Crippen molar-refractivity contribution in [1.29, 1.82) is 0 Å². The lowest BCUT2D eigenvalue weighted by Crippen LogP contribution is -2.34. The number of carbonyl (C=O) groups excluding carboxylic acids is 2. The van der Waals surface area contributed by atoms with Crippen molar-refractivity contribution >= 4 is 11.9 Å². The van der Waals surface area contributed by atoms with E-state index >= 15 is 0 Å². The first-order valence-corrected chi connectivity index (χ1v) is 8.84. The third-order valence-electron chi connectivity index (χ3n) is 4.39. The van der Waals surface area contributed by atoms with E-state index in [0.29, 0.717) is 12.1 Å². The molecule has 1 aliphatic rings. The van der Waals surface area contributed by atoms with E-state index in [9.17, 15) is 9.59 Å². The predicted octanol–water partition coefficient (Wildman–Crippen LogP) is 3.11. The van der Waals surface area contributed by atoms with Crippen LogP contribution in [0.1, 0.15) is 28.8 Å². The van der Waals surface area contributed by atoms with E-state index in [1.807, 2.05) is 43.3 Å². The molecule has 5 nitrogen and oxygen atoms in total. The molecule has 2 aromatic carbocycles. The Hall–Kier alpha value is -2.66. The average Bonchev–Trinajstić information content (AvgIpc) is 3.19. The van der Waals surface area contributed by atoms with Gasteiger partial charge in [-0.25, -0.2) is 4.79 Å². The van der Waals surface area contributed by atoms with Gasteiger partial charge < -0.3 is 14.8 Å². The second kappa shape index (κ2) is 8.63. The average molecular weight is 353 g/mol. The molecule has 0 aliphatic carbocycles. The summed E-state index contributed by atoms with van der Waals surface area (Å²) < 4.78 is 10.5. The Morgan fingerprint density at radius 3 is 2.35 bits per heavy atom. The lowest BCUT2D eigenvalue weighted by molar-refractivity contribution is -0.124. The summed E-state index contributed by atoms with van der Waals surface area (Å²) in [4.78, 5) is 23.8. The Bertz CT molecular complexity index is 747. The molecule has 1 N–H and O–H groups in total. The Labute approximate surface area is 153 Å². The minimum atomic E-state index is -0.507. The highest BCUT2D eigenvalue weighted by Crippen LogP contribution is 2.20. The summed E-state index contributed by atoms with van der Waals surface area (Å²) in [5.74, 6) is -0.821. The van der Waals surface area contributed by atoms with Crippen LogP contribution in [0.4, 0.5) is 0 Å². The van der Waals surface area contributed by atoms with Crippen molar-refractivity contribution in [3.05, 3.63) is 59.7 Å². The smallest absolute Gasteiger partial charge is 0.338 e. The standard InChI is InChI=1S/C21H23NO4/c1-15-4-6-16(7-5-15)17-8-10-18(11-9-17)21(24)26-14-20(23)22-13-19-3-2-12-25-19/h4-11,19H,2-3,12-14H2,1H3,(H,22,23). The summed E-state index contributed by atoms with van der Waals surface area (Å²) in [5.41, 5.74) is 3.74. The molecule has 0 radical (unpaired) electrons. The number of amides is 1. The maximum Gasteiger partial charge on any atom is 0.338 e. The van der Waals surface area contributed by atoms with Crippen LogP contribution in [-0.2, 0) is 14.3 Å². The van der Waals surface area contributed by atoms with E-state index in [2.05, 4.69) is 5.32 Å². The fraction of sp³-hybridized carbons (Fsp3) is 0.333. The third kappa shape index (κ3) is 4.92. The van der Waals surface area contributed by atoms with Gasteiger partial charge in [0.1, 0.15) is 0 Å². The zero-order valence-electron chi connectivity index (χ0n) is 14.9. The topological polar surface area (TPSA) is 64.6 Å². The Morgan fingerprint density at radius 1 is 1.08 bits per heavy atom. The molecule has 1 amide bonds. The van der Waals surface area contributed by atoms with Crippen molar-refractivity contribution in [2.45, 2.75) is 25.9 Å². The number of nitrogens with one attached hydrogen (secondary N) is 1. The molecular weight excluding hydrogens is 330 g/mol. The monoisotopic (exact) mass is 353 g/mol. The van der Waals surface area contributed by atoms with Crippen LogP contribution in [0.5, 0.6) is 0 Å².